The third kappa shape index (κ3) is 4.87. The molecule has 9 heteroatoms. The normalized spacial score (nSPS) is 14.1. The predicted octanol–water partition coefficient (Wildman–Crippen LogP) is 5.49. The fraction of sp³-hybridized carbons (Fsp3) is 0.250. The van der Waals surface area contributed by atoms with Gasteiger partial charge in [-0.05, 0) is 74.2 Å². The fourth-order valence-electron chi connectivity index (χ4n) is 4.42. The zero-order valence-corrected chi connectivity index (χ0v) is 20.7. The number of ether oxygens (including phenoxy) is 1. The predicted molar refractivity (Wildman–Crippen MR) is 137 cm³/mol. The number of anilines is 1. The van der Waals surface area contributed by atoms with Gasteiger partial charge in [-0.1, -0.05) is 12.1 Å². The standard InChI is InChI=1S/C28H26F2N4O3/c1-15-20(25-21-13-24(16-6-8-37-9-7-16)33-26(21)32-14-31-25)11-18(29)12-23(15)34-27(35)19-5-4-17(10-22(19)30)28(2,3)36/h4-6,10-14,36H,7-9H2,1-3H3,(H,34,35)(H,31,32,33). The molecular weight excluding hydrogens is 478 g/mol. The van der Waals surface area contributed by atoms with E-state index < -0.39 is 23.1 Å². The third-order valence-electron chi connectivity index (χ3n) is 6.53. The first-order chi connectivity index (χ1) is 17.6. The number of aliphatic hydroxyl groups is 1. The number of nitrogens with one attached hydrogen (secondary N) is 2. The average molecular weight is 505 g/mol. The molecule has 0 atom stereocenters. The largest absolute Gasteiger partial charge is 0.386 e. The van der Waals surface area contributed by atoms with Crippen LogP contribution in [-0.4, -0.2) is 39.2 Å². The average Bonchev–Trinajstić information content (AvgIpc) is 3.30. The van der Waals surface area contributed by atoms with E-state index in [1.54, 1.807) is 6.92 Å². The van der Waals surface area contributed by atoms with Crippen LogP contribution in [0, 0.1) is 18.6 Å². The Morgan fingerprint density at radius 2 is 1.97 bits per heavy atom. The van der Waals surface area contributed by atoms with Crippen molar-refractivity contribution in [2.24, 2.45) is 0 Å². The molecule has 0 spiro atoms. The maximum Gasteiger partial charge on any atom is 0.258 e. The van der Waals surface area contributed by atoms with Crippen molar-refractivity contribution in [1.82, 2.24) is 15.0 Å². The quantitative estimate of drug-likeness (QED) is 0.334. The number of nitrogens with zero attached hydrogens (tertiary/aromatic N) is 2. The molecule has 1 aliphatic rings. The molecule has 3 N–H and O–H groups in total. The number of H-pyrrole nitrogens is 1. The van der Waals surface area contributed by atoms with Crippen molar-refractivity contribution in [3.63, 3.8) is 0 Å². The van der Waals surface area contributed by atoms with Crippen molar-refractivity contribution in [3.05, 3.63) is 82.8 Å². The number of amides is 1. The van der Waals surface area contributed by atoms with Crippen LogP contribution in [0.15, 0.2) is 48.8 Å². The summed E-state index contributed by atoms with van der Waals surface area (Å²) in [6.45, 7) is 5.96. The highest BCUT2D eigenvalue weighted by molar-refractivity contribution is 6.05. The second kappa shape index (κ2) is 9.49. The Morgan fingerprint density at radius 3 is 2.68 bits per heavy atom. The molecule has 0 radical (unpaired) electrons. The van der Waals surface area contributed by atoms with Crippen LogP contribution in [0.3, 0.4) is 0 Å². The summed E-state index contributed by atoms with van der Waals surface area (Å²) >= 11 is 0. The first kappa shape index (κ1) is 24.7. The lowest BCUT2D eigenvalue weighted by molar-refractivity contribution is 0.0780. The van der Waals surface area contributed by atoms with Crippen molar-refractivity contribution in [2.45, 2.75) is 32.8 Å². The summed E-state index contributed by atoms with van der Waals surface area (Å²) < 4.78 is 34.9. The van der Waals surface area contributed by atoms with Gasteiger partial charge in [0.1, 0.15) is 23.6 Å². The van der Waals surface area contributed by atoms with E-state index in [0.29, 0.717) is 46.6 Å². The van der Waals surface area contributed by atoms with Gasteiger partial charge in [0.2, 0.25) is 0 Å². The molecular formula is C28H26F2N4O3. The molecule has 0 saturated heterocycles. The number of rotatable bonds is 5. The van der Waals surface area contributed by atoms with Crippen LogP contribution in [0.1, 0.15) is 47.4 Å². The fourth-order valence-corrected chi connectivity index (χ4v) is 4.42. The highest BCUT2D eigenvalue weighted by atomic mass is 19.1. The number of halogens is 2. The van der Waals surface area contributed by atoms with E-state index in [9.17, 15) is 18.7 Å². The van der Waals surface area contributed by atoms with Crippen LogP contribution in [0.4, 0.5) is 14.5 Å². The minimum absolute atomic E-state index is 0.195. The SMILES string of the molecule is Cc1c(NC(=O)c2ccc(C(C)(C)O)cc2F)cc(F)cc1-c1ncnc2[nH]c(C3=CCOCC3)cc12. The molecule has 0 unspecified atom stereocenters. The lowest BCUT2D eigenvalue weighted by Gasteiger charge is -2.18. The minimum atomic E-state index is -1.26. The summed E-state index contributed by atoms with van der Waals surface area (Å²) in [6.07, 6.45) is 4.17. The summed E-state index contributed by atoms with van der Waals surface area (Å²) in [5, 5.41) is 13.4. The van der Waals surface area contributed by atoms with E-state index in [0.717, 1.165) is 23.8 Å². The van der Waals surface area contributed by atoms with Gasteiger partial charge in [-0.2, -0.15) is 0 Å². The zero-order valence-electron chi connectivity index (χ0n) is 20.7. The number of benzene rings is 2. The number of hydrogen-bond donors (Lipinski definition) is 3. The number of aromatic amines is 1. The number of aromatic nitrogens is 3. The van der Waals surface area contributed by atoms with Crippen molar-refractivity contribution in [3.8, 4) is 11.3 Å². The number of hydrogen-bond acceptors (Lipinski definition) is 5. The van der Waals surface area contributed by atoms with Crippen molar-refractivity contribution < 1.29 is 23.4 Å². The van der Waals surface area contributed by atoms with E-state index in [4.69, 9.17) is 4.74 Å². The second-order valence-electron chi connectivity index (χ2n) is 9.56. The molecule has 2 aromatic heterocycles. The topological polar surface area (TPSA) is 100 Å². The minimum Gasteiger partial charge on any atom is -0.386 e. The molecule has 2 aromatic carbocycles. The highest BCUT2D eigenvalue weighted by Gasteiger charge is 2.22. The van der Waals surface area contributed by atoms with Crippen LogP contribution in [-0.2, 0) is 10.3 Å². The van der Waals surface area contributed by atoms with Crippen molar-refractivity contribution in [1.29, 1.82) is 0 Å². The van der Waals surface area contributed by atoms with Gasteiger partial charge in [0.05, 0.1) is 30.1 Å². The molecule has 4 aromatic rings. The van der Waals surface area contributed by atoms with Gasteiger partial charge in [-0.3, -0.25) is 4.79 Å². The van der Waals surface area contributed by atoms with Crippen LogP contribution in [0.5, 0.6) is 0 Å². The summed E-state index contributed by atoms with van der Waals surface area (Å²) in [7, 11) is 0. The maximum absolute atomic E-state index is 14.8. The lowest BCUT2D eigenvalue weighted by atomic mass is 9.96. The van der Waals surface area contributed by atoms with Gasteiger partial charge >= 0.3 is 0 Å². The molecule has 7 nitrogen and oxygen atoms in total. The van der Waals surface area contributed by atoms with Gasteiger partial charge in [-0.25, -0.2) is 18.7 Å². The van der Waals surface area contributed by atoms with Gasteiger partial charge in [0.15, 0.2) is 0 Å². The van der Waals surface area contributed by atoms with E-state index in [1.807, 2.05) is 12.1 Å². The summed E-state index contributed by atoms with van der Waals surface area (Å²) in [4.78, 5) is 25.0. The first-order valence-corrected chi connectivity index (χ1v) is 11.9. The molecule has 0 aliphatic carbocycles. The molecule has 1 amide bonds. The summed E-state index contributed by atoms with van der Waals surface area (Å²) in [5.41, 5.74) is 3.22. The molecule has 1 aliphatic heterocycles. The van der Waals surface area contributed by atoms with Crippen molar-refractivity contribution >= 4 is 28.2 Å². The number of fused-ring (bicyclic) bond motifs is 1. The maximum atomic E-state index is 14.8. The highest BCUT2D eigenvalue weighted by Crippen LogP contribution is 2.35. The van der Waals surface area contributed by atoms with Crippen LogP contribution in [0.25, 0.3) is 27.9 Å². The van der Waals surface area contributed by atoms with Crippen molar-refractivity contribution in [2.75, 3.05) is 18.5 Å². The smallest absolute Gasteiger partial charge is 0.258 e. The number of carbonyl (C=O) groups is 1. The van der Waals surface area contributed by atoms with E-state index >= 15 is 0 Å². The van der Waals surface area contributed by atoms with Crippen LogP contribution in [0.2, 0.25) is 0 Å². The molecule has 3 heterocycles. The van der Waals surface area contributed by atoms with Crippen LogP contribution >= 0.6 is 0 Å². The Morgan fingerprint density at radius 1 is 1.16 bits per heavy atom. The van der Waals surface area contributed by atoms with E-state index in [2.05, 4.69) is 20.3 Å². The summed E-state index contributed by atoms with van der Waals surface area (Å²) in [5.74, 6) is -2.10. The lowest BCUT2D eigenvalue weighted by Crippen LogP contribution is -2.19. The van der Waals surface area contributed by atoms with Gasteiger partial charge in [-0.15, -0.1) is 0 Å². The Kier molecular flexibility index (Phi) is 6.35. The Hall–Kier alpha value is -3.95. The van der Waals surface area contributed by atoms with Gasteiger partial charge < -0.3 is 20.1 Å². The molecule has 37 heavy (non-hydrogen) atoms. The first-order valence-electron chi connectivity index (χ1n) is 11.9. The van der Waals surface area contributed by atoms with E-state index in [-0.39, 0.29) is 11.3 Å². The van der Waals surface area contributed by atoms with E-state index in [1.165, 1.54) is 44.4 Å². The second-order valence-corrected chi connectivity index (χ2v) is 9.56. The van der Waals surface area contributed by atoms with Crippen LogP contribution < -0.4 is 5.32 Å². The zero-order chi connectivity index (χ0) is 26.3. The number of carbonyl (C=O) groups excluding carboxylic acids is 1. The molecule has 0 saturated carbocycles. The summed E-state index contributed by atoms with van der Waals surface area (Å²) in [6, 6.07) is 8.38. The van der Waals surface area contributed by atoms with Gasteiger partial charge in [0, 0.05) is 22.3 Å². The Balaban J connectivity index is 1.51. The molecule has 5 rings (SSSR count). The third-order valence-corrected chi connectivity index (χ3v) is 6.53. The monoisotopic (exact) mass is 504 g/mol. The Bertz CT molecular complexity index is 1550. The molecule has 0 bridgehead atoms. The van der Waals surface area contributed by atoms with Gasteiger partial charge in [0.25, 0.3) is 5.91 Å². The molecule has 190 valence electrons. The molecule has 0 fully saturated rings. The Labute approximate surface area is 212 Å².